The van der Waals surface area contributed by atoms with Crippen LogP contribution in [-0.4, -0.2) is 0 Å². The predicted molar refractivity (Wildman–Crippen MR) is 87.9 cm³/mol. The first kappa shape index (κ1) is 13.8. The van der Waals surface area contributed by atoms with Crippen molar-refractivity contribution >= 4 is 15.9 Å². The molecular weight excluding hydrogens is 310 g/mol. The fourth-order valence-corrected chi connectivity index (χ4v) is 3.26. The van der Waals surface area contributed by atoms with Gasteiger partial charge in [0, 0.05) is 4.47 Å². The van der Waals surface area contributed by atoms with Gasteiger partial charge in [-0.05, 0) is 54.0 Å². The number of aryl methyl sites for hydroxylation is 1. The van der Waals surface area contributed by atoms with E-state index in [4.69, 9.17) is 5.73 Å². The second kappa shape index (κ2) is 5.71. The lowest BCUT2D eigenvalue weighted by Gasteiger charge is -2.29. The molecule has 0 spiro atoms. The largest absolute Gasteiger partial charge is 0.320 e. The summed E-state index contributed by atoms with van der Waals surface area (Å²) in [7, 11) is 0. The molecule has 1 aliphatic carbocycles. The van der Waals surface area contributed by atoms with Crippen LogP contribution in [0.3, 0.4) is 0 Å². The minimum absolute atomic E-state index is 0.0382. The Bertz CT molecular complexity index is 617. The van der Waals surface area contributed by atoms with Crippen molar-refractivity contribution in [2.24, 2.45) is 5.73 Å². The van der Waals surface area contributed by atoms with E-state index in [-0.39, 0.29) is 6.04 Å². The summed E-state index contributed by atoms with van der Waals surface area (Å²) in [6.07, 6.45) is 3.97. The van der Waals surface area contributed by atoms with Gasteiger partial charge in [0.1, 0.15) is 0 Å². The molecule has 0 radical (unpaired) electrons. The van der Waals surface area contributed by atoms with E-state index in [0.717, 1.165) is 4.47 Å². The summed E-state index contributed by atoms with van der Waals surface area (Å²) in [5.74, 6) is 0.714. The highest BCUT2D eigenvalue weighted by Crippen LogP contribution is 2.40. The van der Waals surface area contributed by atoms with Crippen LogP contribution in [-0.2, 0) is 0 Å². The molecule has 1 fully saturated rings. The maximum Gasteiger partial charge on any atom is 0.0554 e. The Morgan fingerprint density at radius 2 is 1.90 bits per heavy atom. The monoisotopic (exact) mass is 329 g/mol. The molecule has 104 valence electrons. The maximum atomic E-state index is 6.53. The van der Waals surface area contributed by atoms with Crippen LogP contribution in [0.15, 0.2) is 46.9 Å². The molecule has 2 heteroatoms. The van der Waals surface area contributed by atoms with E-state index in [0.29, 0.717) is 5.92 Å². The van der Waals surface area contributed by atoms with Crippen LogP contribution in [0.1, 0.15) is 53.5 Å². The molecule has 20 heavy (non-hydrogen) atoms. The van der Waals surface area contributed by atoms with Crippen molar-refractivity contribution in [3.63, 3.8) is 0 Å². The minimum Gasteiger partial charge on any atom is -0.320 e. The van der Waals surface area contributed by atoms with Gasteiger partial charge in [-0.15, -0.1) is 0 Å². The van der Waals surface area contributed by atoms with Gasteiger partial charge in [-0.3, -0.25) is 0 Å². The number of halogens is 1. The number of nitrogens with two attached hydrogens (primary N) is 1. The van der Waals surface area contributed by atoms with Gasteiger partial charge < -0.3 is 5.73 Å². The zero-order valence-corrected chi connectivity index (χ0v) is 13.4. The van der Waals surface area contributed by atoms with Gasteiger partial charge in [0.2, 0.25) is 0 Å². The molecule has 3 rings (SSSR count). The molecule has 1 nitrogen and oxygen atoms in total. The molecular formula is C18H20BrN. The van der Waals surface area contributed by atoms with Crippen molar-refractivity contribution in [3.05, 3.63) is 69.2 Å². The SMILES string of the molecule is Cc1ccc(C(N)c2ccccc2C2CCC2)cc1Br. The summed E-state index contributed by atoms with van der Waals surface area (Å²) in [5, 5.41) is 0. The Hall–Kier alpha value is -1.12. The second-order valence-corrected chi connectivity index (χ2v) is 6.60. The standard InChI is InChI=1S/C18H20BrN/c1-12-9-10-14(11-17(12)19)18(20)16-8-3-2-7-15(16)13-5-4-6-13/h2-3,7-11,13,18H,4-6,20H2,1H3. The summed E-state index contributed by atoms with van der Waals surface area (Å²) in [5.41, 5.74) is 11.7. The fourth-order valence-electron chi connectivity index (χ4n) is 2.87. The van der Waals surface area contributed by atoms with E-state index in [2.05, 4.69) is 65.3 Å². The molecule has 2 N–H and O–H groups in total. The molecule has 0 bridgehead atoms. The van der Waals surface area contributed by atoms with Gasteiger partial charge >= 0.3 is 0 Å². The van der Waals surface area contributed by atoms with Crippen LogP contribution in [0, 0.1) is 6.92 Å². The summed E-state index contributed by atoms with van der Waals surface area (Å²) in [6, 6.07) is 15.1. The summed E-state index contributed by atoms with van der Waals surface area (Å²) in [6.45, 7) is 2.10. The smallest absolute Gasteiger partial charge is 0.0554 e. The average Bonchev–Trinajstić information content (AvgIpc) is 2.40. The number of hydrogen-bond acceptors (Lipinski definition) is 1. The zero-order valence-electron chi connectivity index (χ0n) is 11.8. The van der Waals surface area contributed by atoms with Gasteiger partial charge in [0.15, 0.2) is 0 Å². The van der Waals surface area contributed by atoms with Crippen LogP contribution >= 0.6 is 15.9 Å². The third kappa shape index (κ3) is 2.55. The first-order valence-electron chi connectivity index (χ1n) is 7.27. The van der Waals surface area contributed by atoms with Crippen LogP contribution in [0.2, 0.25) is 0 Å². The summed E-state index contributed by atoms with van der Waals surface area (Å²) >= 11 is 3.60. The Balaban J connectivity index is 1.97. The summed E-state index contributed by atoms with van der Waals surface area (Å²) in [4.78, 5) is 0. The van der Waals surface area contributed by atoms with E-state index in [1.165, 1.54) is 41.5 Å². The first-order chi connectivity index (χ1) is 9.66. The van der Waals surface area contributed by atoms with E-state index in [1.54, 1.807) is 0 Å². The quantitative estimate of drug-likeness (QED) is 0.835. The maximum absolute atomic E-state index is 6.53. The summed E-state index contributed by atoms with van der Waals surface area (Å²) < 4.78 is 1.13. The molecule has 0 aromatic heterocycles. The molecule has 0 amide bonds. The number of hydrogen-bond donors (Lipinski definition) is 1. The highest BCUT2D eigenvalue weighted by atomic mass is 79.9. The van der Waals surface area contributed by atoms with Crippen molar-refractivity contribution < 1.29 is 0 Å². The lowest BCUT2D eigenvalue weighted by molar-refractivity contribution is 0.416. The van der Waals surface area contributed by atoms with Crippen LogP contribution in [0.25, 0.3) is 0 Å². The van der Waals surface area contributed by atoms with Gasteiger partial charge in [-0.25, -0.2) is 0 Å². The zero-order chi connectivity index (χ0) is 14.1. The molecule has 2 aromatic rings. The Morgan fingerprint density at radius 1 is 1.15 bits per heavy atom. The highest BCUT2D eigenvalue weighted by molar-refractivity contribution is 9.10. The van der Waals surface area contributed by atoms with Crippen molar-refractivity contribution in [1.29, 1.82) is 0 Å². The Kier molecular flexibility index (Phi) is 3.95. The highest BCUT2D eigenvalue weighted by Gasteiger charge is 2.24. The molecule has 1 aliphatic rings. The topological polar surface area (TPSA) is 26.0 Å². The predicted octanol–water partition coefficient (Wildman–Crippen LogP) is 5.07. The van der Waals surface area contributed by atoms with Crippen molar-refractivity contribution in [1.82, 2.24) is 0 Å². The molecule has 1 saturated carbocycles. The van der Waals surface area contributed by atoms with Crippen molar-refractivity contribution in [2.75, 3.05) is 0 Å². The first-order valence-corrected chi connectivity index (χ1v) is 8.06. The minimum atomic E-state index is -0.0382. The molecule has 0 saturated heterocycles. The van der Waals surface area contributed by atoms with Gasteiger partial charge in [-0.1, -0.05) is 58.7 Å². The van der Waals surface area contributed by atoms with E-state index >= 15 is 0 Å². The third-order valence-corrected chi connectivity index (χ3v) is 5.29. The van der Waals surface area contributed by atoms with Gasteiger partial charge in [0.05, 0.1) is 6.04 Å². The van der Waals surface area contributed by atoms with Crippen molar-refractivity contribution in [2.45, 2.75) is 38.1 Å². The molecule has 1 unspecified atom stereocenters. The van der Waals surface area contributed by atoms with Crippen LogP contribution in [0.5, 0.6) is 0 Å². The molecule has 1 atom stereocenters. The Labute approximate surface area is 129 Å². The molecule has 2 aromatic carbocycles. The molecule has 0 aliphatic heterocycles. The van der Waals surface area contributed by atoms with Gasteiger partial charge in [0.25, 0.3) is 0 Å². The second-order valence-electron chi connectivity index (χ2n) is 5.74. The van der Waals surface area contributed by atoms with E-state index < -0.39 is 0 Å². The number of benzene rings is 2. The lowest BCUT2D eigenvalue weighted by atomic mass is 9.76. The third-order valence-electron chi connectivity index (χ3n) is 4.43. The number of rotatable bonds is 3. The lowest BCUT2D eigenvalue weighted by Crippen LogP contribution is -2.18. The van der Waals surface area contributed by atoms with Crippen molar-refractivity contribution in [3.8, 4) is 0 Å². The van der Waals surface area contributed by atoms with Crippen LogP contribution < -0.4 is 5.73 Å². The van der Waals surface area contributed by atoms with E-state index in [1.807, 2.05) is 0 Å². The average molecular weight is 330 g/mol. The van der Waals surface area contributed by atoms with E-state index in [9.17, 15) is 0 Å². The van der Waals surface area contributed by atoms with Gasteiger partial charge in [-0.2, -0.15) is 0 Å². The fraction of sp³-hybridized carbons (Fsp3) is 0.333. The normalized spacial score (nSPS) is 16.8. The van der Waals surface area contributed by atoms with Crippen LogP contribution in [0.4, 0.5) is 0 Å². The molecule has 0 heterocycles. The Morgan fingerprint density at radius 3 is 2.55 bits per heavy atom.